The molecule has 0 heterocycles. The third-order valence-electron chi connectivity index (χ3n) is 2.63. The first-order valence-corrected chi connectivity index (χ1v) is 6.32. The van der Waals surface area contributed by atoms with E-state index in [4.69, 9.17) is 11.6 Å². The number of benzene rings is 1. The number of nitrogens with one attached hydrogen (secondary N) is 1. The second kappa shape index (κ2) is 7.17. The molecule has 0 aromatic heterocycles. The fourth-order valence-corrected chi connectivity index (χ4v) is 1.74. The molecule has 1 amide bonds. The second-order valence-corrected chi connectivity index (χ2v) is 4.19. The highest BCUT2D eigenvalue weighted by atomic mass is 35.5. The first-order chi connectivity index (χ1) is 8.17. The molecule has 0 unspecified atom stereocenters. The number of carbonyl (C=O) groups excluding carboxylic acids is 1. The van der Waals surface area contributed by atoms with Crippen molar-refractivity contribution in [2.75, 3.05) is 25.0 Å². The van der Waals surface area contributed by atoms with Crippen molar-refractivity contribution >= 4 is 23.2 Å². The molecule has 0 aliphatic carbocycles. The van der Waals surface area contributed by atoms with Crippen molar-refractivity contribution in [2.45, 2.75) is 20.3 Å². The summed E-state index contributed by atoms with van der Waals surface area (Å²) >= 11 is 5.79. The maximum absolute atomic E-state index is 11.7. The quantitative estimate of drug-likeness (QED) is 0.846. The zero-order chi connectivity index (χ0) is 12.7. The molecule has 0 saturated heterocycles. The molecule has 1 aromatic carbocycles. The van der Waals surface area contributed by atoms with Gasteiger partial charge in [-0.1, -0.05) is 11.6 Å². The van der Waals surface area contributed by atoms with Gasteiger partial charge < -0.3 is 10.2 Å². The smallest absolute Gasteiger partial charge is 0.224 e. The highest BCUT2D eigenvalue weighted by Gasteiger charge is 2.08. The van der Waals surface area contributed by atoms with Crippen LogP contribution in [0.4, 0.5) is 5.69 Å². The van der Waals surface area contributed by atoms with E-state index in [1.165, 1.54) is 0 Å². The van der Waals surface area contributed by atoms with Crippen LogP contribution in [0.15, 0.2) is 24.3 Å². The Labute approximate surface area is 108 Å². The van der Waals surface area contributed by atoms with E-state index in [2.05, 4.69) is 5.32 Å². The number of amides is 1. The number of hydrogen-bond donors (Lipinski definition) is 1. The van der Waals surface area contributed by atoms with E-state index in [1.807, 2.05) is 43.0 Å². The van der Waals surface area contributed by atoms with E-state index >= 15 is 0 Å². The molecular weight excluding hydrogens is 236 g/mol. The molecule has 0 atom stereocenters. The molecule has 0 saturated carbocycles. The van der Waals surface area contributed by atoms with E-state index in [-0.39, 0.29) is 5.91 Å². The Morgan fingerprint density at radius 3 is 2.35 bits per heavy atom. The molecule has 1 rings (SSSR count). The Bertz CT molecular complexity index is 347. The maximum Gasteiger partial charge on any atom is 0.224 e. The van der Waals surface area contributed by atoms with E-state index in [9.17, 15) is 4.79 Å². The van der Waals surface area contributed by atoms with Crippen LogP contribution in [0.1, 0.15) is 20.3 Å². The normalized spacial score (nSPS) is 10.1. The summed E-state index contributed by atoms with van der Waals surface area (Å²) in [6.45, 7) is 6.19. The molecule has 94 valence electrons. The third-order valence-corrected chi connectivity index (χ3v) is 2.88. The van der Waals surface area contributed by atoms with Gasteiger partial charge in [0, 0.05) is 36.8 Å². The summed E-state index contributed by atoms with van der Waals surface area (Å²) in [7, 11) is 0. The molecule has 0 spiro atoms. The van der Waals surface area contributed by atoms with Crippen molar-refractivity contribution < 1.29 is 4.79 Å². The number of carbonyl (C=O) groups is 1. The molecular formula is C13H19ClN2O. The number of hydrogen-bond acceptors (Lipinski definition) is 2. The van der Waals surface area contributed by atoms with Gasteiger partial charge in [-0.2, -0.15) is 0 Å². The van der Waals surface area contributed by atoms with Crippen LogP contribution < -0.4 is 5.32 Å². The van der Waals surface area contributed by atoms with E-state index in [0.717, 1.165) is 23.8 Å². The van der Waals surface area contributed by atoms with E-state index in [1.54, 1.807) is 0 Å². The van der Waals surface area contributed by atoms with Crippen molar-refractivity contribution in [3.8, 4) is 0 Å². The SMILES string of the molecule is CCN(CC)C(=O)CCNc1ccc(Cl)cc1. The minimum atomic E-state index is 0.191. The van der Waals surface area contributed by atoms with Gasteiger partial charge in [0.05, 0.1) is 0 Å². The number of halogens is 1. The van der Waals surface area contributed by atoms with Crippen LogP contribution in [-0.4, -0.2) is 30.4 Å². The Hall–Kier alpha value is -1.22. The van der Waals surface area contributed by atoms with Crippen molar-refractivity contribution in [1.29, 1.82) is 0 Å². The molecule has 0 aliphatic rings. The highest BCUT2D eigenvalue weighted by molar-refractivity contribution is 6.30. The molecule has 3 nitrogen and oxygen atoms in total. The Morgan fingerprint density at radius 2 is 1.82 bits per heavy atom. The first-order valence-electron chi connectivity index (χ1n) is 5.94. The lowest BCUT2D eigenvalue weighted by Crippen LogP contribution is -2.31. The van der Waals surface area contributed by atoms with Gasteiger partial charge >= 0.3 is 0 Å². The van der Waals surface area contributed by atoms with E-state index < -0.39 is 0 Å². The molecule has 0 fully saturated rings. The zero-order valence-corrected chi connectivity index (χ0v) is 11.1. The lowest BCUT2D eigenvalue weighted by molar-refractivity contribution is -0.130. The lowest BCUT2D eigenvalue weighted by Gasteiger charge is -2.18. The molecule has 0 aliphatic heterocycles. The predicted octanol–water partition coefficient (Wildman–Crippen LogP) is 3.01. The second-order valence-electron chi connectivity index (χ2n) is 3.75. The van der Waals surface area contributed by atoms with Gasteiger partial charge in [0.25, 0.3) is 0 Å². The summed E-state index contributed by atoms with van der Waals surface area (Å²) < 4.78 is 0. The van der Waals surface area contributed by atoms with Crippen molar-refractivity contribution in [3.63, 3.8) is 0 Å². The maximum atomic E-state index is 11.7. The largest absolute Gasteiger partial charge is 0.385 e. The number of anilines is 1. The number of rotatable bonds is 6. The molecule has 1 aromatic rings. The van der Waals surface area contributed by atoms with Crippen LogP contribution in [0.5, 0.6) is 0 Å². The Kier molecular flexibility index (Phi) is 5.84. The monoisotopic (exact) mass is 254 g/mol. The van der Waals surface area contributed by atoms with Crippen LogP contribution in [0.25, 0.3) is 0 Å². The number of nitrogens with zero attached hydrogens (tertiary/aromatic N) is 1. The van der Waals surface area contributed by atoms with Crippen molar-refractivity contribution in [1.82, 2.24) is 4.90 Å². The van der Waals surface area contributed by atoms with Crippen LogP contribution in [-0.2, 0) is 4.79 Å². The van der Waals surface area contributed by atoms with Gasteiger partial charge in [-0.15, -0.1) is 0 Å². The van der Waals surface area contributed by atoms with Crippen LogP contribution in [0.2, 0.25) is 5.02 Å². The van der Waals surface area contributed by atoms with Gasteiger partial charge in [-0.25, -0.2) is 0 Å². The molecule has 4 heteroatoms. The standard InChI is InChI=1S/C13H19ClN2O/c1-3-16(4-2)13(17)9-10-15-12-7-5-11(14)6-8-12/h5-8,15H,3-4,9-10H2,1-2H3. The minimum Gasteiger partial charge on any atom is -0.385 e. The molecule has 17 heavy (non-hydrogen) atoms. The molecule has 1 N–H and O–H groups in total. The van der Waals surface area contributed by atoms with Crippen molar-refractivity contribution in [3.05, 3.63) is 29.3 Å². The average Bonchev–Trinajstić information content (AvgIpc) is 2.33. The van der Waals surface area contributed by atoms with Gasteiger partial charge in [0.1, 0.15) is 0 Å². The summed E-state index contributed by atoms with van der Waals surface area (Å²) in [5.74, 6) is 0.191. The Balaban J connectivity index is 2.32. The lowest BCUT2D eigenvalue weighted by atomic mass is 10.3. The van der Waals surface area contributed by atoms with Gasteiger partial charge in [-0.3, -0.25) is 4.79 Å². The summed E-state index contributed by atoms with van der Waals surface area (Å²) in [6.07, 6.45) is 0.518. The molecule has 0 radical (unpaired) electrons. The third kappa shape index (κ3) is 4.65. The summed E-state index contributed by atoms with van der Waals surface area (Å²) in [4.78, 5) is 13.6. The van der Waals surface area contributed by atoms with Gasteiger partial charge in [0.2, 0.25) is 5.91 Å². The summed E-state index contributed by atoms with van der Waals surface area (Å²) in [5.41, 5.74) is 0.988. The zero-order valence-electron chi connectivity index (χ0n) is 10.4. The highest BCUT2D eigenvalue weighted by Crippen LogP contribution is 2.13. The molecule has 0 bridgehead atoms. The first kappa shape index (κ1) is 13.8. The van der Waals surface area contributed by atoms with Crippen molar-refractivity contribution in [2.24, 2.45) is 0 Å². The van der Waals surface area contributed by atoms with E-state index in [0.29, 0.717) is 13.0 Å². The average molecular weight is 255 g/mol. The summed E-state index contributed by atoms with van der Waals surface area (Å²) in [6, 6.07) is 7.47. The summed E-state index contributed by atoms with van der Waals surface area (Å²) in [5, 5.41) is 3.92. The minimum absolute atomic E-state index is 0.191. The van der Waals surface area contributed by atoms with Crippen LogP contribution >= 0.6 is 11.6 Å². The fourth-order valence-electron chi connectivity index (χ4n) is 1.62. The van der Waals surface area contributed by atoms with Crippen LogP contribution in [0.3, 0.4) is 0 Å². The topological polar surface area (TPSA) is 32.3 Å². The predicted molar refractivity (Wildman–Crippen MR) is 72.5 cm³/mol. The van der Waals surface area contributed by atoms with Gasteiger partial charge in [-0.05, 0) is 38.1 Å². The fraction of sp³-hybridized carbons (Fsp3) is 0.462. The van der Waals surface area contributed by atoms with Crippen LogP contribution in [0, 0.1) is 0 Å². The Morgan fingerprint density at radius 1 is 1.24 bits per heavy atom. The van der Waals surface area contributed by atoms with Gasteiger partial charge in [0.15, 0.2) is 0 Å².